The van der Waals surface area contributed by atoms with E-state index in [1.807, 2.05) is 12.1 Å². The molecule has 0 unspecified atom stereocenters. The first-order valence-electron chi connectivity index (χ1n) is 9.95. The first kappa shape index (κ1) is 23.1. The number of esters is 1. The molecule has 0 spiro atoms. The number of fused-ring (bicyclic) bond motifs is 1. The molecule has 0 saturated heterocycles. The van der Waals surface area contributed by atoms with Crippen LogP contribution in [-0.4, -0.2) is 51.6 Å². The van der Waals surface area contributed by atoms with Crippen LogP contribution in [0.3, 0.4) is 0 Å². The topological polar surface area (TPSA) is 131 Å². The molecule has 0 atom stereocenters. The van der Waals surface area contributed by atoms with Gasteiger partial charge in [0, 0.05) is 24.6 Å². The van der Waals surface area contributed by atoms with Gasteiger partial charge in [-0.15, -0.1) is 0 Å². The van der Waals surface area contributed by atoms with Crippen LogP contribution in [0.5, 0.6) is 0 Å². The van der Waals surface area contributed by atoms with Crippen molar-refractivity contribution in [3.8, 4) is 0 Å². The van der Waals surface area contributed by atoms with Gasteiger partial charge in [0.25, 0.3) is 10.0 Å². The van der Waals surface area contributed by atoms with E-state index in [0.717, 1.165) is 18.4 Å². The number of amides is 1. The number of nitrogens with one attached hydrogen (secondary N) is 2. The number of sulfonamides is 1. The first-order chi connectivity index (χ1) is 15.3. The molecule has 32 heavy (non-hydrogen) atoms. The van der Waals surface area contributed by atoms with E-state index in [4.69, 9.17) is 4.74 Å². The van der Waals surface area contributed by atoms with Gasteiger partial charge in [0.15, 0.2) is 12.4 Å². The Morgan fingerprint density at radius 2 is 1.78 bits per heavy atom. The summed E-state index contributed by atoms with van der Waals surface area (Å²) in [5, 5.41) is 2.73. The lowest BCUT2D eigenvalue weighted by molar-refractivity contribution is -0.140. The van der Waals surface area contributed by atoms with Crippen LogP contribution in [0.15, 0.2) is 58.4 Å². The van der Waals surface area contributed by atoms with Crippen molar-refractivity contribution in [3.05, 3.63) is 65.2 Å². The number of hydrogen-bond donors (Lipinski definition) is 2. The third-order valence-electron chi connectivity index (χ3n) is 4.69. The van der Waals surface area contributed by atoms with Gasteiger partial charge in [-0.25, -0.2) is 8.42 Å². The van der Waals surface area contributed by atoms with Crippen molar-refractivity contribution in [2.24, 2.45) is 4.99 Å². The minimum absolute atomic E-state index is 0.0676. The first-order valence-corrected chi connectivity index (χ1v) is 11.4. The zero-order valence-corrected chi connectivity index (χ0v) is 18.3. The highest BCUT2D eigenvalue weighted by molar-refractivity contribution is 7.90. The maximum absolute atomic E-state index is 12.3. The Labute approximate surface area is 185 Å². The summed E-state index contributed by atoms with van der Waals surface area (Å²) in [6.07, 6.45) is 1.55. The third-order valence-corrected chi connectivity index (χ3v) is 6.08. The number of ketones is 1. The fraction of sp³-hybridized carbons (Fsp3) is 0.273. The monoisotopic (exact) mass is 457 g/mol. The number of aliphatic imine (C=N–C) groups is 1. The number of ether oxygens (including phenoxy) is 1. The molecule has 1 aliphatic rings. The number of aryl methyl sites for hydroxylation is 1. The van der Waals surface area contributed by atoms with Crippen LogP contribution in [0, 0.1) is 0 Å². The summed E-state index contributed by atoms with van der Waals surface area (Å²) in [7, 11) is -3.68. The van der Waals surface area contributed by atoms with Crippen LogP contribution in [0.4, 0.5) is 0 Å². The van der Waals surface area contributed by atoms with E-state index in [9.17, 15) is 22.8 Å². The second-order valence-electron chi connectivity index (χ2n) is 7.13. The van der Waals surface area contributed by atoms with E-state index in [1.165, 1.54) is 13.0 Å². The highest BCUT2D eigenvalue weighted by Crippen LogP contribution is 2.22. The standard InChI is InChI=1S/C22H23N3O6S/c1-15(26)23-12-4-5-16-8-10-17(11-9-16)19(27)14-31-21(28)13-24-22-18-6-2-3-7-20(18)32(29,30)25-22/h2-3,6-11H,4-5,12-14H2,1H3,(H,23,26)(H,24,25). The van der Waals surface area contributed by atoms with Gasteiger partial charge in [-0.3, -0.25) is 24.1 Å². The summed E-state index contributed by atoms with van der Waals surface area (Å²) in [5.41, 5.74) is 1.82. The quantitative estimate of drug-likeness (QED) is 0.331. The lowest BCUT2D eigenvalue weighted by atomic mass is 10.1. The molecule has 9 nitrogen and oxygen atoms in total. The Balaban J connectivity index is 1.47. The maximum Gasteiger partial charge on any atom is 0.328 e. The third kappa shape index (κ3) is 6.01. The van der Waals surface area contributed by atoms with E-state index in [1.54, 1.807) is 30.3 Å². The van der Waals surface area contributed by atoms with Crippen LogP contribution in [-0.2, 0) is 30.8 Å². The van der Waals surface area contributed by atoms with Crippen molar-refractivity contribution in [2.75, 3.05) is 19.7 Å². The van der Waals surface area contributed by atoms with Gasteiger partial charge in [-0.2, -0.15) is 0 Å². The number of amidine groups is 1. The number of Topliss-reactive ketones (excluding diaryl/α,β-unsaturated/α-hetero) is 1. The van der Waals surface area contributed by atoms with E-state index >= 15 is 0 Å². The number of carbonyl (C=O) groups is 3. The van der Waals surface area contributed by atoms with Crippen LogP contribution in [0.25, 0.3) is 0 Å². The zero-order chi connectivity index (χ0) is 23.1. The molecule has 0 bridgehead atoms. The Bertz CT molecular complexity index is 1160. The van der Waals surface area contributed by atoms with Gasteiger partial charge in [-0.05, 0) is 30.5 Å². The van der Waals surface area contributed by atoms with Gasteiger partial charge in [0.1, 0.15) is 12.4 Å². The molecule has 0 fully saturated rings. The molecule has 168 valence electrons. The van der Waals surface area contributed by atoms with Crippen LogP contribution < -0.4 is 10.0 Å². The summed E-state index contributed by atoms with van der Waals surface area (Å²) in [6.45, 7) is 1.19. The average Bonchev–Trinajstić information content (AvgIpc) is 3.04. The molecule has 2 aromatic carbocycles. The van der Waals surface area contributed by atoms with Gasteiger partial charge in [-0.1, -0.05) is 36.4 Å². The molecule has 1 aliphatic heterocycles. The smallest absolute Gasteiger partial charge is 0.328 e. The Morgan fingerprint density at radius 1 is 1.06 bits per heavy atom. The number of benzene rings is 2. The summed E-state index contributed by atoms with van der Waals surface area (Å²) in [4.78, 5) is 39.2. The number of rotatable bonds is 9. The number of nitrogens with zero attached hydrogens (tertiary/aromatic N) is 1. The molecule has 2 aromatic rings. The Hall–Kier alpha value is -3.53. The Kier molecular flexibility index (Phi) is 7.37. The normalized spacial score (nSPS) is 15.0. The van der Waals surface area contributed by atoms with Gasteiger partial charge >= 0.3 is 5.97 Å². The van der Waals surface area contributed by atoms with Crippen molar-refractivity contribution in [2.45, 2.75) is 24.7 Å². The fourth-order valence-corrected chi connectivity index (χ4v) is 4.34. The summed E-state index contributed by atoms with van der Waals surface area (Å²) >= 11 is 0. The zero-order valence-electron chi connectivity index (χ0n) is 17.5. The summed E-state index contributed by atoms with van der Waals surface area (Å²) in [6, 6.07) is 13.3. The van der Waals surface area contributed by atoms with E-state index in [0.29, 0.717) is 17.7 Å². The second-order valence-corrected chi connectivity index (χ2v) is 8.78. The van der Waals surface area contributed by atoms with E-state index in [-0.39, 0.29) is 22.4 Å². The molecule has 0 radical (unpaired) electrons. The second kappa shape index (κ2) is 10.2. The molecule has 0 aliphatic carbocycles. The highest BCUT2D eigenvalue weighted by Gasteiger charge is 2.30. The highest BCUT2D eigenvalue weighted by atomic mass is 32.2. The van der Waals surface area contributed by atoms with Gasteiger partial charge in [0.2, 0.25) is 5.91 Å². The van der Waals surface area contributed by atoms with Crippen molar-refractivity contribution in [1.82, 2.24) is 10.0 Å². The molecule has 0 saturated carbocycles. The van der Waals surface area contributed by atoms with E-state index < -0.39 is 29.1 Å². The molecule has 1 heterocycles. The Morgan fingerprint density at radius 3 is 2.50 bits per heavy atom. The average molecular weight is 458 g/mol. The lowest BCUT2D eigenvalue weighted by Crippen LogP contribution is -2.24. The van der Waals surface area contributed by atoms with Crippen LogP contribution in [0.2, 0.25) is 0 Å². The maximum atomic E-state index is 12.3. The predicted molar refractivity (Wildman–Crippen MR) is 117 cm³/mol. The number of hydrogen-bond acceptors (Lipinski definition) is 7. The molecule has 10 heteroatoms. The molecular weight excluding hydrogens is 434 g/mol. The minimum Gasteiger partial charge on any atom is -0.456 e. The molecular formula is C22H23N3O6S. The SMILES string of the molecule is CC(=O)NCCCc1ccc(C(=O)COC(=O)CN=C2NS(=O)(=O)c3ccccc32)cc1. The van der Waals surface area contributed by atoms with Gasteiger partial charge < -0.3 is 10.1 Å². The molecule has 0 aromatic heterocycles. The predicted octanol–water partition coefficient (Wildman–Crippen LogP) is 1.22. The van der Waals surface area contributed by atoms with Crippen LogP contribution in [0.1, 0.15) is 34.8 Å². The van der Waals surface area contributed by atoms with Crippen molar-refractivity contribution in [3.63, 3.8) is 0 Å². The largest absolute Gasteiger partial charge is 0.456 e. The van der Waals surface area contributed by atoms with Gasteiger partial charge in [0.05, 0.1) is 4.90 Å². The van der Waals surface area contributed by atoms with Crippen molar-refractivity contribution < 1.29 is 27.5 Å². The molecule has 2 N–H and O–H groups in total. The van der Waals surface area contributed by atoms with Crippen molar-refractivity contribution in [1.29, 1.82) is 0 Å². The molecule has 3 rings (SSSR count). The lowest BCUT2D eigenvalue weighted by Gasteiger charge is -2.06. The minimum atomic E-state index is -3.68. The number of carbonyl (C=O) groups excluding carboxylic acids is 3. The van der Waals surface area contributed by atoms with Crippen LogP contribution >= 0.6 is 0 Å². The van der Waals surface area contributed by atoms with E-state index in [2.05, 4.69) is 15.0 Å². The summed E-state index contributed by atoms with van der Waals surface area (Å²) < 4.78 is 31.3. The summed E-state index contributed by atoms with van der Waals surface area (Å²) in [5.74, 6) is -1.11. The van der Waals surface area contributed by atoms with Crippen molar-refractivity contribution >= 4 is 33.5 Å². The molecule has 1 amide bonds. The fourth-order valence-electron chi connectivity index (χ4n) is 3.08.